The number of ether oxygens (including phenoxy) is 1. The molecule has 0 aromatic carbocycles. The second kappa shape index (κ2) is 4.15. The summed E-state index contributed by atoms with van der Waals surface area (Å²) in [7, 11) is -3.44. The molecule has 0 bridgehead atoms. The SMILES string of the molecule is Cc1[nH]ncc1S(=O)(=O)N1CCOCC1C. The van der Waals surface area contributed by atoms with E-state index in [1.807, 2.05) is 6.92 Å². The second-order valence-electron chi connectivity index (χ2n) is 3.90. The van der Waals surface area contributed by atoms with Gasteiger partial charge in [0.05, 0.1) is 25.1 Å². The van der Waals surface area contributed by atoms with Gasteiger partial charge in [0.1, 0.15) is 4.90 Å². The Morgan fingerprint density at radius 2 is 2.38 bits per heavy atom. The zero-order valence-electron chi connectivity index (χ0n) is 9.30. The molecule has 1 aromatic heterocycles. The van der Waals surface area contributed by atoms with Crippen LogP contribution in [0.15, 0.2) is 11.1 Å². The van der Waals surface area contributed by atoms with Gasteiger partial charge in [0.2, 0.25) is 10.0 Å². The lowest BCUT2D eigenvalue weighted by atomic mass is 10.3. The summed E-state index contributed by atoms with van der Waals surface area (Å²) in [6.07, 6.45) is 1.35. The molecule has 1 aliphatic rings. The Morgan fingerprint density at radius 1 is 1.62 bits per heavy atom. The number of aromatic nitrogens is 2. The first-order valence-corrected chi connectivity index (χ1v) is 6.57. The molecule has 1 N–H and O–H groups in total. The number of aromatic amines is 1. The molecule has 1 aliphatic heterocycles. The first kappa shape index (κ1) is 11.6. The summed E-state index contributed by atoms with van der Waals surface area (Å²) in [6.45, 7) is 4.82. The van der Waals surface area contributed by atoms with Crippen molar-refractivity contribution in [2.75, 3.05) is 19.8 Å². The Kier molecular flexibility index (Phi) is 3.00. The second-order valence-corrected chi connectivity index (χ2v) is 5.76. The van der Waals surface area contributed by atoms with Crippen LogP contribution in [0.4, 0.5) is 0 Å². The van der Waals surface area contributed by atoms with Gasteiger partial charge < -0.3 is 4.74 Å². The van der Waals surface area contributed by atoms with Gasteiger partial charge in [0.15, 0.2) is 0 Å². The van der Waals surface area contributed by atoms with Crippen molar-refractivity contribution in [3.63, 3.8) is 0 Å². The van der Waals surface area contributed by atoms with E-state index < -0.39 is 10.0 Å². The van der Waals surface area contributed by atoms with Crippen molar-refractivity contribution in [2.45, 2.75) is 24.8 Å². The lowest BCUT2D eigenvalue weighted by Crippen LogP contribution is -2.47. The van der Waals surface area contributed by atoms with E-state index in [0.717, 1.165) is 0 Å². The molecule has 2 rings (SSSR count). The molecule has 0 saturated carbocycles. The largest absolute Gasteiger partial charge is 0.378 e. The van der Waals surface area contributed by atoms with Gasteiger partial charge >= 0.3 is 0 Å². The number of sulfonamides is 1. The van der Waals surface area contributed by atoms with Gasteiger partial charge in [-0.25, -0.2) is 8.42 Å². The number of hydrogen-bond acceptors (Lipinski definition) is 4. The monoisotopic (exact) mass is 245 g/mol. The quantitative estimate of drug-likeness (QED) is 0.803. The summed E-state index contributed by atoms with van der Waals surface area (Å²) < 4.78 is 31.3. The zero-order chi connectivity index (χ0) is 11.8. The van der Waals surface area contributed by atoms with Crippen molar-refractivity contribution < 1.29 is 13.2 Å². The van der Waals surface area contributed by atoms with Gasteiger partial charge in [0, 0.05) is 12.6 Å². The fraction of sp³-hybridized carbons (Fsp3) is 0.667. The maximum Gasteiger partial charge on any atom is 0.246 e. The molecule has 1 unspecified atom stereocenters. The van der Waals surface area contributed by atoms with Crippen LogP contribution in [0.5, 0.6) is 0 Å². The average Bonchev–Trinajstić information content (AvgIpc) is 2.65. The van der Waals surface area contributed by atoms with Gasteiger partial charge in [-0.05, 0) is 13.8 Å². The fourth-order valence-electron chi connectivity index (χ4n) is 1.80. The molecular formula is C9H15N3O3S. The number of nitrogens with zero attached hydrogens (tertiary/aromatic N) is 2. The lowest BCUT2D eigenvalue weighted by molar-refractivity contribution is 0.0392. The third-order valence-electron chi connectivity index (χ3n) is 2.68. The van der Waals surface area contributed by atoms with Gasteiger partial charge in [0.25, 0.3) is 0 Å². The minimum atomic E-state index is -3.44. The van der Waals surface area contributed by atoms with Crippen molar-refractivity contribution in [3.05, 3.63) is 11.9 Å². The van der Waals surface area contributed by atoms with Crippen molar-refractivity contribution >= 4 is 10.0 Å². The zero-order valence-corrected chi connectivity index (χ0v) is 10.1. The highest BCUT2D eigenvalue weighted by molar-refractivity contribution is 7.89. The number of morpholine rings is 1. The molecule has 1 aromatic rings. The Labute approximate surface area is 94.6 Å². The molecular weight excluding hydrogens is 230 g/mol. The van der Waals surface area contributed by atoms with E-state index in [-0.39, 0.29) is 10.9 Å². The van der Waals surface area contributed by atoms with Crippen LogP contribution < -0.4 is 0 Å². The molecule has 1 atom stereocenters. The Bertz CT molecular complexity index is 468. The van der Waals surface area contributed by atoms with Crippen LogP contribution in [-0.2, 0) is 14.8 Å². The minimum Gasteiger partial charge on any atom is -0.378 e. The van der Waals surface area contributed by atoms with E-state index in [4.69, 9.17) is 4.74 Å². The minimum absolute atomic E-state index is 0.131. The molecule has 0 aliphatic carbocycles. The van der Waals surface area contributed by atoms with Crippen LogP contribution in [0.25, 0.3) is 0 Å². The number of aryl methyl sites for hydroxylation is 1. The third kappa shape index (κ3) is 1.85. The van der Waals surface area contributed by atoms with Crippen LogP contribution in [0, 0.1) is 6.92 Å². The molecule has 16 heavy (non-hydrogen) atoms. The standard InChI is InChI=1S/C9H15N3O3S/c1-7-6-15-4-3-12(7)16(13,14)9-5-10-11-8(9)2/h5,7H,3-4,6H2,1-2H3,(H,10,11). The van der Waals surface area contributed by atoms with E-state index in [1.54, 1.807) is 6.92 Å². The third-order valence-corrected chi connectivity index (χ3v) is 4.80. The number of H-pyrrole nitrogens is 1. The number of rotatable bonds is 2. The predicted octanol–water partition coefficient (Wildman–Crippen LogP) is 0.128. The summed E-state index contributed by atoms with van der Waals surface area (Å²) in [4.78, 5) is 0.251. The topological polar surface area (TPSA) is 75.3 Å². The molecule has 90 valence electrons. The van der Waals surface area contributed by atoms with Crippen LogP contribution in [0.1, 0.15) is 12.6 Å². The van der Waals surface area contributed by atoms with Crippen LogP contribution in [0.3, 0.4) is 0 Å². The highest BCUT2D eigenvalue weighted by atomic mass is 32.2. The van der Waals surface area contributed by atoms with Crippen molar-refractivity contribution in [1.29, 1.82) is 0 Å². The maximum absolute atomic E-state index is 12.3. The Balaban J connectivity index is 2.35. The molecule has 7 heteroatoms. The molecule has 0 radical (unpaired) electrons. The van der Waals surface area contributed by atoms with Crippen LogP contribution in [0.2, 0.25) is 0 Å². The van der Waals surface area contributed by atoms with Gasteiger partial charge in [-0.1, -0.05) is 0 Å². The molecule has 2 heterocycles. The summed E-state index contributed by atoms with van der Waals surface area (Å²) in [5.41, 5.74) is 0.568. The number of hydrogen-bond donors (Lipinski definition) is 1. The van der Waals surface area contributed by atoms with Crippen molar-refractivity contribution in [3.8, 4) is 0 Å². The predicted molar refractivity (Wildman–Crippen MR) is 57.5 cm³/mol. The lowest BCUT2D eigenvalue weighted by Gasteiger charge is -2.31. The van der Waals surface area contributed by atoms with Crippen LogP contribution in [-0.4, -0.2) is 48.7 Å². The molecule has 0 spiro atoms. The first-order chi connectivity index (χ1) is 7.53. The molecule has 0 amide bonds. The Hall–Kier alpha value is -0.920. The van der Waals surface area contributed by atoms with Crippen LogP contribution >= 0.6 is 0 Å². The van der Waals surface area contributed by atoms with Crippen molar-refractivity contribution in [1.82, 2.24) is 14.5 Å². The molecule has 1 saturated heterocycles. The van der Waals surface area contributed by atoms with E-state index in [0.29, 0.717) is 25.5 Å². The van der Waals surface area contributed by atoms with Crippen molar-refractivity contribution in [2.24, 2.45) is 0 Å². The number of nitrogens with one attached hydrogen (secondary N) is 1. The highest BCUT2D eigenvalue weighted by Gasteiger charge is 2.33. The maximum atomic E-state index is 12.3. The molecule has 6 nitrogen and oxygen atoms in total. The normalized spacial score (nSPS) is 23.5. The van der Waals surface area contributed by atoms with Gasteiger partial charge in [-0.15, -0.1) is 0 Å². The van der Waals surface area contributed by atoms with E-state index in [1.165, 1.54) is 10.5 Å². The molecule has 1 fully saturated rings. The first-order valence-electron chi connectivity index (χ1n) is 5.13. The summed E-state index contributed by atoms with van der Waals surface area (Å²) >= 11 is 0. The summed E-state index contributed by atoms with van der Waals surface area (Å²) in [5.74, 6) is 0. The fourth-order valence-corrected chi connectivity index (χ4v) is 3.52. The van der Waals surface area contributed by atoms with E-state index in [9.17, 15) is 8.42 Å². The van der Waals surface area contributed by atoms with E-state index >= 15 is 0 Å². The van der Waals surface area contributed by atoms with Gasteiger partial charge in [-0.2, -0.15) is 9.40 Å². The smallest absolute Gasteiger partial charge is 0.246 e. The average molecular weight is 245 g/mol. The van der Waals surface area contributed by atoms with Gasteiger partial charge in [-0.3, -0.25) is 5.10 Å². The summed E-state index contributed by atoms with van der Waals surface area (Å²) in [6, 6.07) is -0.131. The Morgan fingerprint density at radius 3 is 2.94 bits per heavy atom. The summed E-state index contributed by atoms with van der Waals surface area (Å²) in [5, 5.41) is 6.39. The van der Waals surface area contributed by atoms with E-state index in [2.05, 4.69) is 10.2 Å². The highest BCUT2D eigenvalue weighted by Crippen LogP contribution is 2.21.